The minimum absolute atomic E-state index is 0.214. The number of benzene rings is 1. The Morgan fingerprint density at radius 2 is 2.11 bits per heavy atom. The average Bonchev–Trinajstić information content (AvgIpc) is 3.00. The zero-order chi connectivity index (χ0) is 12.7. The number of rotatable bonds is 3. The van der Waals surface area contributed by atoms with Crippen molar-refractivity contribution in [1.82, 2.24) is 0 Å². The van der Waals surface area contributed by atoms with E-state index in [-0.39, 0.29) is 6.04 Å². The predicted octanol–water partition coefficient (Wildman–Crippen LogP) is 3.44. The van der Waals surface area contributed by atoms with Crippen molar-refractivity contribution in [3.8, 4) is 5.75 Å². The highest BCUT2D eigenvalue weighted by Crippen LogP contribution is 2.52. The summed E-state index contributed by atoms with van der Waals surface area (Å²) in [5.41, 5.74) is 9.12. The summed E-state index contributed by atoms with van der Waals surface area (Å²) >= 11 is 0. The molecule has 4 unspecified atom stereocenters. The Morgan fingerprint density at radius 1 is 1.28 bits per heavy atom. The molecule has 1 aromatic rings. The van der Waals surface area contributed by atoms with Gasteiger partial charge in [-0.25, -0.2) is 0 Å². The molecule has 2 heteroatoms. The Morgan fingerprint density at radius 3 is 2.67 bits per heavy atom. The quantitative estimate of drug-likeness (QED) is 0.885. The lowest BCUT2D eigenvalue weighted by Gasteiger charge is -2.29. The Kier molecular flexibility index (Phi) is 3.06. The van der Waals surface area contributed by atoms with Gasteiger partial charge in [-0.3, -0.25) is 0 Å². The van der Waals surface area contributed by atoms with Crippen LogP contribution in [0.5, 0.6) is 5.75 Å². The molecule has 0 aliphatic heterocycles. The fourth-order valence-electron chi connectivity index (χ4n) is 4.11. The highest BCUT2D eigenvalue weighted by Gasteiger charge is 2.42. The SMILES string of the molecule is COc1ccc(C(N)C2CC3CCC2C3)c(C)c1. The molecule has 2 fully saturated rings. The number of fused-ring (bicyclic) bond motifs is 2. The van der Waals surface area contributed by atoms with Gasteiger partial charge in [-0.15, -0.1) is 0 Å². The Bertz CT molecular complexity index is 443. The molecule has 1 aromatic carbocycles. The zero-order valence-electron chi connectivity index (χ0n) is 11.4. The summed E-state index contributed by atoms with van der Waals surface area (Å²) in [6, 6.07) is 6.51. The maximum Gasteiger partial charge on any atom is 0.119 e. The molecular weight excluding hydrogens is 222 g/mol. The molecule has 0 spiro atoms. The smallest absolute Gasteiger partial charge is 0.119 e. The minimum atomic E-state index is 0.214. The van der Waals surface area contributed by atoms with Crippen LogP contribution < -0.4 is 10.5 Å². The van der Waals surface area contributed by atoms with Crippen LogP contribution in [0, 0.1) is 24.7 Å². The Labute approximate surface area is 110 Å². The van der Waals surface area contributed by atoms with Crippen molar-refractivity contribution in [1.29, 1.82) is 0 Å². The van der Waals surface area contributed by atoms with Gasteiger partial charge in [0.15, 0.2) is 0 Å². The van der Waals surface area contributed by atoms with E-state index in [4.69, 9.17) is 10.5 Å². The van der Waals surface area contributed by atoms with Gasteiger partial charge in [0.25, 0.3) is 0 Å². The molecule has 2 N–H and O–H groups in total. The van der Waals surface area contributed by atoms with Crippen LogP contribution in [0.2, 0.25) is 0 Å². The van der Waals surface area contributed by atoms with E-state index in [1.165, 1.54) is 36.8 Å². The summed E-state index contributed by atoms with van der Waals surface area (Å²) in [4.78, 5) is 0. The van der Waals surface area contributed by atoms with Gasteiger partial charge >= 0.3 is 0 Å². The molecule has 2 aliphatic rings. The number of hydrogen-bond donors (Lipinski definition) is 1. The van der Waals surface area contributed by atoms with Crippen LogP contribution in [0.3, 0.4) is 0 Å². The molecule has 0 heterocycles. The predicted molar refractivity (Wildman–Crippen MR) is 73.6 cm³/mol. The first kappa shape index (κ1) is 12.0. The summed E-state index contributed by atoms with van der Waals surface area (Å²) < 4.78 is 5.26. The highest BCUT2D eigenvalue weighted by atomic mass is 16.5. The molecular formula is C16H23NO. The minimum Gasteiger partial charge on any atom is -0.497 e. The van der Waals surface area contributed by atoms with Gasteiger partial charge in [-0.05, 0) is 67.2 Å². The second kappa shape index (κ2) is 4.58. The molecule has 4 atom stereocenters. The number of aryl methyl sites for hydroxylation is 1. The van der Waals surface area contributed by atoms with E-state index < -0.39 is 0 Å². The molecule has 98 valence electrons. The van der Waals surface area contributed by atoms with Crippen LogP contribution in [0.15, 0.2) is 18.2 Å². The molecule has 0 saturated heterocycles. The normalized spacial score (nSPS) is 31.6. The second-order valence-corrected chi connectivity index (χ2v) is 6.09. The molecule has 0 aromatic heterocycles. The van der Waals surface area contributed by atoms with Gasteiger partial charge in [-0.1, -0.05) is 12.5 Å². The lowest BCUT2D eigenvalue weighted by molar-refractivity contribution is 0.284. The van der Waals surface area contributed by atoms with Crippen LogP contribution >= 0.6 is 0 Å². The standard InChI is InChI=1S/C16H23NO/c1-10-7-13(18-2)5-6-14(10)16(17)15-9-11-3-4-12(15)8-11/h5-7,11-12,15-16H,3-4,8-9,17H2,1-2H3. The van der Waals surface area contributed by atoms with Crippen molar-refractivity contribution in [3.05, 3.63) is 29.3 Å². The van der Waals surface area contributed by atoms with E-state index in [0.717, 1.165) is 17.6 Å². The summed E-state index contributed by atoms with van der Waals surface area (Å²) in [6.45, 7) is 2.14. The first-order valence-corrected chi connectivity index (χ1v) is 7.09. The molecule has 2 saturated carbocycles. The largest absolute Gasteiger partial charge is 0.497 e. The van der Waals surface area contributed by atoms with E-state index in [2.05, 4.69) is 19.1 Å². The zero-order valence-corrected chi connectivity index (χ0v) is 11.4. The number of nitrogens with two attached hydrogens (primary N) is 1. The fraction of sp³-hybridized carbons (Fsp3) is 0.625. The monoisotopic (exact) mass is 245 g/mol. The topological polar surface area (TPSA) is 35.2 Å². The lowest BCUT2D eigenvalue weighted by atomic mass is 9.80. The Hall–Kier alpha value is -1.02. The van der Waals surface area contributed by atoms with Crippen molar-refractivity contribution >= 4 is 0 Å². The highest BCUT2D eigenvalue weighted by molar-refractivity contribution is 5.37. The van der Waals surface area contributed by atoms with Gasteiger partial charge in [0.05, 0.1) is 7.11 Å². The number of methoxy groups -OCH3 is 1. The van der Waals surface area contributed by atoms with Crippen LogP contribution in [-0.2, 0) is 0 Å². The molecule has 2 nitrogen and oxygen atoms in total. The van der Waals surface area contributed by atoms with Crippen molar-refractivity contribution < 1.29 is 4.74 Å². The van der Waals surface area contributed by atoms with Gasteiger partial charge in [0.1, 0.15) is 5.75 Å². The Balaban J connectivity index is 1.82. The molecule has 2 aliphatic carbocycles. The summed E-state index contributed by atoms with van der Waals surface area (Å²) in [5.74, 6) is 3.48. The third kappa shape index (κ3) is 1.93. The van der Waals surface area contributed by atoms with Gasteiger partial charge in [0, 0.05) is 6.04 Å². The summed E-state index contributed by atoms with van der Waals surface area (Å²) in [6.07, 6.45) is 5.61. The lowest BCUT2D eigenvalue weighted by Crippen LogP contribution is -2.26. The summed E-state index contributed by atoms with van der Waals surface area (Å²) in [5, 5.41) is 0. The van der Waals surface area contributed by atoms with Crippen molar-refractivity contribution in [2.45, 2.75) is 38.6 Å². The molecule has 0 amide bonds. The maximum atomic E-state index is 6.54. The maximum absolute atomic E-state index is 6.54. The molecule has 0 radical (unpaired) electrons. The fourth-order valence-corrected chi connectivity index (χ4v) is 4.11. The van der Waals surface area contributed by atoms with E-state index in [9.17, 15) is 0 Å². The molecule has 3 rings (SSSR count). The van der Waals surface area contributed by atoms with Gasteiger partial charge in [-0.2, -0.15) is 0 Å². The van der Waals surface area contributed by atoms with Crippen molar-refractivity contribution in [2.24, 2.45) is 23.5 Å². The average molecular weight is 245 g/mol. The van der Waals surface area contributed by atoms with Crippen molar-refractivity contribution in [3.63, 3.8) is 0 Å². The first-order valence-electron chi connectivity index (χ1n) is 7.09. The van der Waals surface area contributed by atoms with E-state index in [0.29, 0.717) is 5.92 Å². The third-order valence-corrected chi connectivity index (χ3v) is 5.09. The number of hydrogen-bond acceptors (Lipinski definition) is 2. The second-order valence-electron chi connectivity index (χ2n) is 6.09. The van der Waals surface area contributed by atoms with Crippen molar-refractivity contribution in [2.75, 3.05) is 7.11 Å². The molecule has 18 heavy (non-hydrogen) atoms. The van der Waals surface area contributed by atoms with E-state index in [1.807, 2.05) is 6.07 Å². The first-order chi connectivity index (χ1) is 8.69. The van der Waals surface area contributed by atoms with Crippen LogP contribution in [0.1, 0.15) is 42.9 Å². The van der Waals surface area contributed by atoms with E-state index >= 15 is 0 Å². The van der Waals surface area contributed by atoms with E-state index in [1.54, 1.807) is 7.11 Å². The van der Waals surface area contributed by atoms with Gasteiger partial charge in [0.2, 0.25) is 0 Å². The molecule has 2 bridgehead atoms. The summed E-state index contributed by atoms with van der Waals surface area (Å²) in [7, 11) is 1.71. The number of ether oxygens (including phenoxy) is 1. The third-order valence-electron chi connectivity index (χ3n) is 5.09. The van der Waals surface area contributed by atoms with Crippen LogP contribution in [0.25, 0.3) is 0 Å². The van der Waals surface area contributed by atoms with Gasteiger partial charge < -0.3 is 10.5 Å². The van der Waals surface area contributed by atoms with Crippen LogP contribution in [0.4, 0.5) is 0 Å². The van der Waals surface area contributed by atoms with Crippen LogP contribution in [-0.4, -0.2) is 7.11 Å².